The van der Waals surface area contributed by atoms with Crippen LogP contribution in [-0.4, -0.2) is 33.7 Å². The Bertz CT molecular complexity index is 2430. The Morgan fingerprint density at radius 3 is 2.24 bits per heavy atom. The van der Waals surface area contributed by atoms with E-state index in [1.165, 1.54) is 24.6 Å². The summed E-state index contributed by atoms with van der Waals surface area (Å²) in [5.41, 5.74) is 7.57. The number of dihydropyridines is 1. The molecule has 0 unspecified atom stereocenters. The number of nitrogens with zero attached hydrogens (tertiary/aromatic N) is 4. The Morgan fingerprint density at radius 2 is 1.50 bits per heavy atom. The van der Waals surface area contributed by atoms with Gasteiger partial charge in [-0.3, -0.25) is 9.59 Å². The lowest BCUT2D eigenvalue weighted by Gasteiger charge is -2.30. The van der Waals surface area contributed by atoms with Crippen LogP contribution in [0.4, 0.5) is 5.82 Å². The molecule has 46 heavy (non-hydrogen) atoms. The van der Waals surface area contributed by atoms with Gasteiger partial charge in [0.15, 0.2) is 5.84 Å². The molecule has 4 heterocycles. The van der Waals surface area contributed by atoms with E-state index in [1.54, 1.807) is 18.5 Å². The number of aromatic nitrogens is 1. The van der Waals surface area contributed by atoms with E-state index in [-0.39, 0.29) is 11.8 Å². The molecule has 3 aliphatic heterocycles. The van der Waals surface area contributed by atoms with E-state index in [2.05, 4.69) is 110 Å². The molecule has 4 aromatic carbocycles. The Balaban J connectivity index is 1.36. The van der Waals surface area contributed by atoms with Gasteiger partial charge in [0, 0.05) is 60.6 Å². The lowest BCUT2D eigenvalue weighted by molar-refractivity contribution is -0.116. The van der Waals surface area contributed by atoms with Crippen LogP contribution in [0.25, 0.3) is 56.1 Å². The fourth-order valence-corrected chi connectivity index (χ4v) is 6.34. The van der Waals surface area contributed by atoms with Gasteiger partial charge in [0.05, 0.1) is 5.70 Å². The summed E-state index contributed by atoms with van der Waals surface area (Å²) in [6.45, 7) is 2.90. The summed E-state index contributed by atoms with van der Waals surface area (Å²) in [5.74, 6) is 0.511. The molecule has 5 aromatic rings. The molecule has 0 fully saturated rings. The monoisotopic (exact) mass is 597 g/mol. The standard InChI is InChI=1S/C39H27N5O2/c1-23(45)42-35-13-11-31(21-40-35)29-9-5-25-3-7-27-15-17-44-18-16-28-8-4-26-6-10-30(32-12-14-36(41-22-32)43-24(2)46)20-34(26)38(28)39(44)37(27)33(25)19-29/h3-22H,1-2H3,(H,40,42,45). The summed E-state index contributed by atoms with van der Waals surface area (Å²) in [4.78, 5) is 37.9. The number of amidine groups is 1. The average molecular weight is 598 g/mol. The molecule has 0 saturated heterocycles. The first-order valence-corrected chi connectivity index (χ1v) is 15.0. The molecule has 8 rings (SSSR count). The molecule has 1 aromatic heterocycles. The third kappa shape index (κ3) is 4.75. The lowest BCUT2D eigenvalue weighted by Crippen LogP contribution is -2.28. The second-order valence-corrected chi connectivity index (χ2v) is 11.5. The minimum Gasteiger partial charge on any atom is -0.323 e. The van der Waals surface area contributed by atoms with Gasteiger partial charge >= 0.3 is 0 Å². The molecular weight excluding hydrogens is 570 g/mol. The number of nitrogens with one attached hydrogen (secondary N) is 1. The highest BCUT2D eigenvalue weighted by atomic mass is 16.1. The largest absolute Gasteiger partial charge is 0.323 e. The number of hydrogen-bond acceptors (Lipinski definition) is 4. The molecule has 3 aliphatic rings. The molecule has 7 nitrogen and oxygen atoms in total. The van der Waals surface area contributed by atoms with Crippen molar-refractivity contribution in [2.45, 2.75) is 13.8 Å². The summed E-state index contributed by atoms with van der Waals surface area (Å²) in [6.07, 6.45) is 15.9. The number of allylic oxidation sites excluding steroid dienone is 1. The van der Waals surface area contributed by atoms with Gasteiger partial charge in [-0.25, -0.2) is 9.98 Å². The van der Waals surface area contributed by atoms with Crippen molar-refractivity contribution in [3.05, 3.63) is 131 Å². The van der Waals surface area contributed by atoms with Gasteiger partial charge in [0.25, 0.3) is 0 Å². The summed E-state index contributed by atoms with van der Waals surface area (Å²) in [7, 11) is 0. The molecule has 0 spiro atoms. The number of hydrogen-bond donors (Lipinski definition) is 1. The van der Waals surface area contributed by atoms with Gasteiger partial charge in [-0.2, -0.15) is 4.99 Å². The maximum absolute atomic E-state index is 11.5. The van der Waals surface area contributed by atoms with Gasteiger partial charge in [0.2, 0.25) is 11.8 Å². The second kappa shape index (κ2) is 10.7. The highest BCUT2D eigenvalue weighted by molar-refractivity contribution is 6.19. The summed E-state index contributed by atoms with van der Waals surface area (Å²) < 4.78 is 0. The predicted octanol–water partition coefficient (Wildman–Crippen LogP) is 6.18. The topological polar surface area (TPSA) is 87.0 Å². The van der Waals surface area contributed by atoms with Crippen LogP contribution >= 0.6 is 0 Å². The van der Waals surface area contributed by atoms with Crippen molar-refractivity contribution >= 4 is 74.6 Å². The van der Waals surface area contributed by atoms with Crippen molar-refractivity contribution in [2.75, 3.05) is 5.32 Å². The number of carbonyl (C=O) groups is 2. The number of benzene rings is 4. The zero-order chi connectivity index (χ0) is 31.4. The number of rotatable bonds is 2. The molecule has 0 aliphatic carbocycles. The van der Waals surface area contributed by atoms with Crippen LogP contribution in [0.15, 0.2) is 114 Å². The molecule has 2 amide bonds. The molecule has 220 valence electrons. The maximum Gasteiger partial charge on any atom is 0.244 e. The van der Waals surface area contributed by atoms with Gasteiger partial charge in [0.1, 0.15) is 5.82 Å². The van der Waals surface area contributed by atoms with Crippen LogP contribution < -0.4 is 15.8 Å². The zero-order valence-electron chi connectivity index (χ0n) is 25.2. The van der Waals surface area contributed by atoms with Crippen molar-refractivity contribution in [1.82, 2.24) is 9.88 Å². The lowest BCUT2D eigenvalue weighted by atomic mass is 9.88. The molecular formula is C39H27N5O2. The molecule has 7 heteroatoms. The SMILES string of the molecule is CC(=O)N=C1C=CC(=c2ccc3ccc4c(c3c2)=C2c3c(ccc5ccc(-c6ccc(NC(C)=O)nc6)cc35)C=CN2C=C4)C=N1. The van der Waals surface area contributed by atoms with Crippen LogP contribution in [0.3, 0.4) is 0 Å². The normalized spacial score (nSPS) is 16.5. The number of aliphatic imine (C=N–C) groups is 2. The Hall–Kier alpha value is -6.21. The van der Waals surface area contributed by atoms with Gasteiger partial charge in [-0.1, -0.05) is 48.5 Å². The van der Waals surface area contributed by atoms with Crippen molar-refractivity contribution < 1.29 is 9.59 Å². The number of anilines is 1. The Labute approximate surface area is 264 Å². The number of amides is 2. The molecule has 0 radical (unpaired) electrons. The van der Waals surface area contributed by atoms with Crippen LogP contribution in [-0.2, 0) is 9.59 Å². The Kier molecular flexibility index (Phi) is 6.39. The van der Waals surface area contributed by atoms with Gasteiger partial charge < -0.3 is 10.2 Å². The van der Waals surface area contributed by atoms with E-state index in [4.69, 9.17) is 0 Å². The zero-order valence-corrected chi connectivity index (χ0v) is 25.2. The third-order valence-electron chi connectivity index (χ3n) is 8.42. The molecule has 0 bridgehead atoms. The number of pyridine rings is 1. The highest BCUT2D eigenvalue weighted by Gasteiger charge is 2.23. The van der Waals surface area contributed by atoms with E-state index < -0.39 is 0 Å². The van der Waals surface area contributed by atoms with E-state index >= 15 is 0 Å². The van der Waals surface area contributed by atoms with E-state index in [0.29, 0.717) is 11.7 Å². The molecule has 1 N–H and O–H groups in total. The quantitative estimate of drug-likeness (QED) is 0.264. The highest BCUT2D eigenvalue weighted by Crippen LogP contribution is 2.38. The Morgan fingerprint density at radius 1 is 0.761 bits per heavy atom. The van der Waals surface area contributed by atoms with Crippen LogP contribution in [0.5, 0.6) is 0 Å². The first-order chi connectivity index (χ1) is 22.4. The molecule has 0 saturated carbocycles. The van der Waals surface area contributed by atoms with Crippen LogP contribution in [0.2, 0.25) is 0 Å². The summed E-state index contributed by atoms with van der Waals surface area (Å²) in [5, 5.41) is 9.52. The average Bonchev–Trinajstić information content (AvgIpc) is 3.07. The van der Waals surface area contributed by atoms with E-state index in [0.717, 1.165) is 60.3 Å². The number of fused-ring (bicyclic) bond motifs is 8. The summed E-state index contributed by atoms with van der Waals surface area (Å²) >= 11 is 0. The first kappa shape index (κ1) is 27.3. The van der Waals surface area contributed by atoms with Crippen molar-refractivity contribution in [2.24, 2.45) is 9.98 Å². The van der Waals surface area contributed by atoms with Crippen molar-refractivity contribution in [3.63, 3.8) is 0 Å². The fourth-order valence-electron chi connectivity index (χ4n) is 6.34. The van der Waals surface area contributed by atoms with Crippen LogP contribution in [0.1, 0.15) is 30.5 Å². The minimum absolute atomic E-state index is 0.149. The number of carbonyl (C=O) groups excluding carboxylic acids is 2. The van der Waals surface area contributed by atoms with Crippen molar-refractivity contribution in [3.8, 4) is 11.1 Å². The third-order valence-corrected chi connectivity index (χ3v) is 8.42. The van der Waals surface area contributed by atoms with Gasteiger partial charge in [-0.15, -0.1) is 0 Å². The predicted molar refractivity (Wildman–Crippen MR) is 186 cm³/mol. The fraction of sp³-hybridized carbons (Fsp3) is 0.0513. The van der Waals surface area contributed by atoms with Crippen molar-refractivity contribution in [1.29, 1.82) is 0 Å². The second-order valence-electron chi connectivity index (χ2n) is 11.5. The minimum atomic E-state index is -0.273. The smallest absolute Gasteiger partial charge is 0.244 e. The van der Waals surface area contributed by atoms with Gasteiger partial charge in [-0.05, 0) is 92.0 Å². The van der Waals surface area contributed by atoms with E-state index in [1.807, 2.05) is 18.2 Å². The maximum atomic E-state index is 11.5. The first-order valence-electron chi connectivity index (χ1n) is 15.0. The summed E-state index contributed by atoms with van der Waals surface area (Å²) in [6, 6.07) is 25.5. The molecule has 0 atom stereocenters. The van der Waals surface area contributed by atoms with E-state index in [9.17, 15) is 9.59 Å². The van der Waals surface area contributed by atoms with Crippen LogP contribution in [0, 0.1) is 0 Å².